The molecule has 21 heavy (non-hydrogen) atoms. The Morgan fingerprint density at radius 2 is 1.71 bits per heavy atom. The predicted molar refractivity (Wildman–Crippen MR) is 77.1 cm³/mol. The zero-order valence-electron chi connectivity index (χ0n) is 11.1. The number of rotatable bonds is 4. The molecule has 0 atom stereocenters. The van der Waals surface area contributed by atoms with E-state index in [0.717, 1.165) is 0 Å². The molecule has 0 unspecified atom stereocenters. The summed E-state index contributed by atoms with van der Waals surface area (Å²) in [7, 11) is -3.81. The second-order valence-corrected chi connectivity index (χ2v) is 6.12. The fourth-order valence-corrected chi connectivity index (χ4v) is 2.76. The normalized spacial score (nSPS) is 11.1. The maximum Gasteiger partial charge on any atom is 0.335 e. The van der Waals surface area contributed by atoms with Crippen molar-refractivity contribution in [2.75, 3.05) is 4.72 Å². The van der Waals surface area contributed by atoms with Gasteiger partial charge >= 0.3 is 5.97 Å². The summed E-state index contributed by atoms with van der Waals surface area (Å²) in [5, 5.41) is 18.2. The van der Waals surface area contributed by atoms with Crippen LogP contribution in [0.3, 0.4) is 0 Å². The average Bonchev–Trinajstić information content (AvgIpc) is 2.43. The lowest BCUT2D eigenvalue weighted by molar-refractivity contribution is 0.0696. The lowest BCUT2D eigenvalue weighted by Gasteiger charge is -2.09. The number of carboxylic acid groups (broad SMARTS) is 1. The molecule has 6 nitrogen and oxygen atoms in total. The number of anilines is 1. The Hall–Kier alpha value is -2.54. The Balaban J connectivity index is 2.29. The summed E-state index contributed by atoms with van der Waals surface area (Å²) >= 11 is 0. The van der Waals surface area contributed by atoms with E-state index in [9.17, 15) is 18.3 Å². The van der Waals surface area contributed by atoms with Gasteiger partial charge in [0.25, 0.3) is 10.0 Å². The molecule has 0 aromatic heterocycles. The minimum absolute atomic E-state index is 0.00873. The first-order valence-corrected chi connectivity index (χ1v) is 7.44. The molecule has 0 aliphatic carbocycles. The number of hydrogen-bond donors (Lipinski definition) is 3. The van der Waals surface area contributed by atoms with Crippen LogP contribution in [0.15, 0.2) is 47.4 Å². The van der Waals surface area contributed by atoms with Gasteiger partial charge in [0.15, 0.2) is 0 Å². The van der Waals surface area contributed by atoms with Gasteiger partial charge < -0.3 is 10.2 Å². The van der Waals surface area contributed by atoms with Gasteiger partial charge in [0.05, 0.1) is 10.5 Å². The third-order valence-corrected chi connectivity index (χ3v) is 4.26. The maximum atomic E-state index is 12.2. The molecule has 0 bridgehead atoms. The third-order valence-electron chi connectivity index (χ3n) is 2.86. The number of carbonyl (C=O) groups is 1. The van der Waals surface area contributed by atoms with E-state index in [2.05, 4.69) is 4.72 Å². The molecule has 0 aliphatic rings. The van der Waals surface area contributed by atoms with Crippen LogP contribution in [0, 0.1) is 6.92 Å². The first-order valence-electron chi connectivity index (χ1n) is 5.95. The van der Waals surface area contributed by atoms with Gasteiger partial charge in [0.1, 0.15) is 5.75 Å². The number of phenols is 1. The van der Waals surface area contributed by atoms with Gasteiger partial charge in [0, 0.05) is 5.69 Å². The Labute approximate surface area is 121 Å². The molecule has 0 radical (unpaired) electrons. The van der Waals surface area contributed by atoms with Crippen molar-refractivity contribution in [3.05, 3.63) is 53.6 Å². The second kappa shape index (κ2) is 5.45. The lowest BCUT2D eigenvalue weighted by atomic mass is 10.2. The maximum absolute atomic E-state index is 12.2. The number of carboxylic acids is 1. The van der Waals surface area contributed by atoms with Crippen molar-refractivity contribution in [1.29, 1.82) is 0 Å². The molecule has 2 aromatic rings. The molecule has 7 heteroatoms. The van der Waals surface area contributed by atoms with E-state index >= 15 is 0 Å². The molecular formula is C14H13NO5S. The number of phenolic OH excluding ortho intramolecular Hbond substituents is 1. The monoisotopic (exact) mass is 307 g/mol. The van der Waals surface area contributed by atoms with Crippen molar-refractivity contribution in [3.8, 4) is 5.75 Å². The highest BCUT2D eigenvalue weighted by Crippen LogP contribution is 2.22. The van der Waals surface area contributed by atoms with Crippen LogP contribution in [0.2, 0.25) is 0 Å². The molecule has 0 saturated heterocycles. The molecular weight excluding hydrogens is 294 g/mol. The molecule has 0 aliphatic heterocycles. The van der Waals surface area contributed by atoms with Crippen LogP contribution in [0.25, 0.3) is 0 Å². The van der Waals surface area contributed by atoms with Crippen LogP contribution < -0.4 is 4.72 Å². The number of hydrogen-bond acceptors (Lipinski definition) is 4. The van der Waals surface area contributed by atoms with Gasteiger partial charge in [-0.1, -0.05) is 0 Å². The molecule has 0 heterocycles. The molecule has 0 saturated carbocycles. The quantitative estimate of drug-likeness (QED) is 0.751. The van der Waals surface area contributed by atoms with Gasteiger partial charge in [-0.15, -0.1) is 0 Å². The average molecular weight is 307 g/mol. The minimum atomic E-state index is -3.81. The summed E-state index contributed by atoms with van der Waals surface area (Å²) in [5.74, 6) is -1.05. The second-order valence-electron chi connectivity index (χ2n) is 4.44. The van der Waals surface area contributed by atoms with Gasteiger partial charge in [0.2, 0.25) is 0 Å². The third kappa shape index (κ3) is 3.32. The van der Waals surface area contributed by atoms with E-state index < -0.39 is 16.0 Å². The van der Waals surface area contributed by atoms with E-state index in [4.69, 9.17) is 5.11 Å². The van der Waals surface area contributed by atoms with Crippen LogP contribution >= 0.6 is 0 Å². The topological polar surface area (TPSA) is 104 Å². The summed E-state index contributed by atoms with van der Waals surface area (Å²) in [4.78, 5) is 10.7. The summed E-state index contributed by atoms with van der Waals surface area (Å²) < 4.78 is 26.7. The van der Waals surface area contributed by atoms with Crippen LogP contribution in [-0.4, -0.2) is 24.6 Å². The minimum Gasteiger partial charge on any atom is -0.508 e. The first-order chi connectivity index (χ1) is 9.79. The van der Waals surface area contributed by atoms with Gasteiger partial charge in [-0.2, -0.15) is 0 Å². The van der Waals surface area contributed by atoms with Crippen LogP contribution in [-0.2, 0) is 10.0 Å². The van der Waals surface area contributed by atoms with Crippen molar-refractivity contribution in [2.45, 2.75) is 11.8 Å². The van der Waals surface area contributed by atoms with E-state index in [1.807, 2.05) is 0 Å². The van der Waals surface area contributed by atoms with Crippen LogP contribution in [0.4, 0.5) is 5.69 Å². The van der Waals surface area contributed by atoms with Crippen LogP contribution in [0.5, 0.6) is 5.75 Å². The van der Waals surface area contributed by atoms with Crippen molar-refractivity contribution in [2.24, 2.45) is 0 Å². The van der Waals surface area contributed by atoms with E-state index in [-0.39, 0.29) is 16.2 Å². The largest absolute Gasteiger partial charge is 0.508 e. The molecule has 0 amide bonds. The highest BCUT2D eigenvalue weighted by molar-refractivity contribution is 7.92. The SMILES string of the molecule is Cc1cc(NS(=O)(=O)c2ccc(C(=O)O)cc2)ccc1O. The lowest BCUT2D eigenvalue weighted by Crippen LogP contribution is -2.13. The number of aromatic carboxylic acids is 1. The molecule has 3 N–H and O–H groups in total. The number of benzene rings is 2. The number of aryl methyl sites for hydroxylation is 1. The Morgan fingerprint density at radius 1 is 1.10 bits per heavy atom. The zero-order chi connectivity index (χ0) is 15.6. The van der Waals surface area contributed by atoms with E-state index in [1.54, 1.807) is 6.92 Å². The van der Waals surface area contributed by atoms with Gasteiger partial charge in [-0.05, 0) is 55.0 Å². The van der Waals surface area contributed by atoms with E-state index in [1.165, 1.54) is 42.5 Å². The summed E-state index contributed by atoms with van der Waals surface area (Å²) in [6.45, 7) is 1.65. The van der Waals surface area contributed by atoms with Gasteiger partial charge in [-0.25, -0.2) is 13.2 Å². The number of aromatic hydroxyl groups is 1. The number of sulfonamides is 1. The van der Waals surface area contributed by atoms with Crippen molar-refractivity contribution >= 4 is 21.7 Å². The zero-order valence-corrected chi connectivity index (χ0v) is 11.9. The molecule has 0 spiro atoms. The summed E-state index contributed by atoms with van der Waals surface area (Å²) in [6.07, 6.45) is 0. The molecule has 0 fully saturated rings. The number of nitrogens with one attached hydrogen (secondary N) is 1. The Bertz CT molecular complexity index is 782. The highest BCUT2D eigenvalue weighted by atomic mass is 32.2. The van der Waals surface area contributed by atoms with Crippen molar-refractivity contribution in [1.82, 2.24) is 0 Å². The standard InChI is InChI=1S/C14H13NO5S/c1-9-8-11(4-7-13(9)16)15-21(19,20)12-5-2-10(3-6-12)14(17)18/h2-8,15-16H,1H3,(H,17,18). The van der Waals surface area contributed by atoms with E-state index in [0.29, 0.717) is 11.3 Å². The van der Waals surface area contributed by atoms with Crippen molar-refractivity contribution in [3.63, 3.8) is 0 Å². The van der Waals surface area contributed by atoms with Gasteiger partial charge in [-0.3, -0.25) is 4.72 Å². The summed E-state index contributed by atoms with van der Waals surface area (Å²) in [5.41, 5.74) is 0.860. The Kier molecular flexibility index (Phi) is 3.86. The fourth-order valence-electron chi connectivity index (χ4n) is 1.71. The highest BCUT2D eigenvalue weighted by Gasteiger charge is 2.15. The van der Waals surface area contributed by atoms with Crippen LogP contribution in [0.1, 0.15) is 15.9 Å². The molecule has 2 aromatic carbocycles. The van der Waals surface area contributed by atoms with Crippen molar-refractivity contribution < 1.29 is 23.4 Å². The summed E-state index contributed by atoms with van der Waals surface area (Å²) in [6, 6.07) is 9.21. The Morgan fingerprint density at radius 3 is 2.24 bits per heavy atom. The molecule has 2 rings (SSSR count). The molecule has 110 valence electrons. The predicted octanol–water partition coefficient (Wildman–Crippen LogP) is 2.20. The fraction of sp³-hybridized carbons (Fsp3) is 0.0714. The first kappa shape index (κ1) is 14.9. The smallest absolute Gasteiger partial charge is 0.335 e.